The van der Waals surface area contributed by atoms with Crippen molar-refractivity contribution in [2.24, 2.45) is 17.3 Å². The Morgan fingerprint density at radius 2 is 1.87 bits per heavy atom. The number of aldehydes is 1. The van der Waals surface area contributed by atoms with Gasteiger partial charge >= 0.3 is 6.09 Å². The summed E-state index contributed by atoms with van der Waals surface area (Å²) in [6.45, 7) is 7.66. The van der Waals surface area contributed by atoms with Crippen LogP contribution in [0.25, 0.3) is 11.0 Å². The van der Waals surface area contributed by atoms with Gasteiger partial charge < -0.3 is 29.6 Å². The van der Waals surface area contributed by atoms with Crippen molar-refractivity contribution in [2.45, 2.75) is 90.5 Å². The number of carbonyl (C=O) groups is 3. The van der Waals surface area contributed by atoms with Crippen molar-refractivity contribution in [1.82, 2.24) is 20.2 Å². The molecule has 2 amide bonds. The quantitative estimate of drug-likeness (QED) is 0.525. The van der Waals surface area contributed by atoms with Gasteiger partial charge in [-0.2, -0.15) is 0 Å². The maximum atomic E-state index is 13.8. The molecular formula is C29H38N4O6. The van der Waals surface area contributed by atoms with Gasteiger partial charge in [-0.1, -0.05) is 40.5 Å². The van der Waals surface area contributed by atoms with E-state index in [0.29, 0.717) is 29.3 Å². The zero-order chi connectivity index (χ0) is 27.9. The van der Waals surface area contributed by atoms with Crippen LogP contribution in [0.5, 0.6) is 11.6 Å². The largest absolute Gasteiger partial charge is 0.508 e. The zero-order valence-electron chi connectivity index (χ0n) is 23.1. The lowest BCUT2D eigenvalue weighted by Crippen LogP contribution is -2.56. The van der Waals surface area contributed by atoms with E-state index in [9.17, 15) is 19.5 Å². The molecule has 3 heterocycles. The summed E-state index contributed by atoms with van der Waals surface area (Å²) in [5, 5.41) is 12.8. The van der Waals surface area contributed by atoms with Gasteiger partial charge in [0.05, 0.1) is 23.6 Å². The van der Waals surface area contributed by atoms with Gasteiger partial charge in [0.25, 0.3) is 0 Å². The Labute approximate surface area is 228 Å². The normalized spacial score (nSPS) is 30.2. The van der Waals surface area contributed by atoms with Crippen molar-refractivity contribution in [3.05, 3.63) is 23.9 Å². The first kappa shape index (κ1) is 27.1. The van der Waals surface area contributed by atoms with Crippen LogP contribution in [-0.4, -0.2) is 69.1 Å². The van der Waals surface area contributed by atoms with E-state index in [1.165, 1.54) is 4.90 Å². The third-order valence-electron chi connectivity index (χ3n) is 8.21. The summed E-state index contributed by atoms with van der Waals surface area (Å²) in [7, 11) is 0. The number of hydrogen-bond acceptors (Lipinski definition) is 8. The van der Waals surface area contributed by atoms with Crippen LogP contribution in [0.1, 0.15) is 65.5 Å². The number of carbonyl (C=O) groups excluding carboxylic acids is 3. The molecule has 2 aromatic rings. The van der Waals surface area contributed by atoms with E-state index in [0.717, 1.165) is 44.1 Å². The summed E-state index contributed by atoms with van der Waals surface area (Å²) in [5.74, 6) is 0.119. The molecule has 0 radical (unpaired) electrons. The summed E-state index contributed by atoms with van der Waals surface area (Å²) < 4.78 is 12.1. The number of benzene rings is 1. The molecule has 2 N–H and O–H groups in total. The fourth-order valence-electron chi connectivity index (χ4n) is 5.68. The lowest BCUT2D eigenvalue weighted by molar-refractivity contribution is -0.139. The molecule has 2 fully saturated rings. The van der Waals surface area contributed by atoms with Gasteiger partial charge in [0.1, 0.15) is 36.0 Å². The molecule has 1 saturated heterocycles. The number of fused-ring (bicyclic) bond motifs is 5. The first-order valence-corrected chi connectivity index (χ1v) is 13.9. The minimum atomic E-state index is -0.881. The Morgan fingerprint density at radius 1 is 1.08 bits per heavy atom. The monoisotopic (exact) mass is 538 g/mol. The number of aromatic hydroxyl groups is 1. The minimum Gasteiger partial charge on any atom is -0.508 e. The summed E-state index contributed by atoms with van der Waals surface area (Å²) in [6.07, 6.45) is 4.90. The van der Waals surface area contributed by atoms with Crippen molar-refractivity contribution >= 4 is 29.3 Å². The van der Waals surface area contributed by atoms with E-state index >= 15 is 0 Å². The minimum absolute atomic E-state index is 0.0848. The second-order valence-electron chi connectivity index (χ2n) is 12.3. The first-order chi connectivity index (χ1) is 18.5. The van der Waals surface area contributed by atoms with Crippen LogP contribution in [0.4, 0.5) is 4.79 Å². The van der Waals surface area contributed by atoms with Crippen molar-refractivity contribution < 1.29 is 29.0 Å². The smallest absolute Gasteiger partial charge is 0.408 e. The van der Waals surface area contributed by atoms with E-state index in [1.54, 1.807) is 18.2 Å². The highest BCUT2D eigenvalue weighted by Gasteiger charge is 2.48. The average molecular weight is 539 g/mol. The molecule has 1 aromatic carbocycles. The number of ether oxygens (including phenoxy) is 2. The molecule has 10 nitrogen and oxygen atoms in total. The molecular weight excluding hydrogens is 500 g/mol. The topological polar surface area (TPSA) is 131 Å². The fourth-order valence-corrected chi connectivity index (χ4v) is 5.68. The summed E-state index contributed by atoms with van der Waals surface area (Å²) in [6, 6.07) is 3.26. The van der Waals surface area contributed by atoms with Crippen LogP contribution < -0.4 is 10.1 Å². The Bertz CT molecular complexity index is 1260. The lowest BCUT2D eigenvalue weighted by atomic mass is 9.85. The molecule has 3 aliphatic rings. The van der Waals surface area contributed by atoms with Gasteiger partial charge in [-0.25, -0.2) is 14.8 Å². The molecule has 2 bridgehead atoms. The number of aryl methyl sites for hydroxylation is 1. The SMILES string of the molecule is C[C@@H]1[C@@H]2CN(C(=O)[C@H](C(C)(C)C)NC(=O)O[C@@H]3C[C@H]3CCCCCc3nc4ccc(O)cc4nc3O2)[C@@H]1C=O. The number of rotatable bonds is 1. The number of aromatic nitrogens is 2. The molecule has 39 heavy (non-hydrogen) atoms. The third kappa shape index (κ3) is 5.79. The lowest BCUT2D eigenvalue weighted by Gasteiger charge is -2.34. The van der Waals surface area contributed by atoms with Gasteiger partial charge in [0.2, 0.25) is 11.8 Å². The predicted molar refractivity (Wildman–Crippen MR) is 143 cm³/mol. The van der Waals surface area contributed by atoms with E-state index in [-0.39, 0.29) is 30.2 Å². The molecule has 210 valence electrons. The fraction of sp³-hybridized carbons (Fsp3) is 0.621. The highest BCUT2D eigenvalue weighted by Crippen LogP contribution is 2.39. The van der Waals surface area contributed by atoms with Crippen molar-refractivity contribution in [2.75, 3.05) is 6.54 Å². The number of amides is 2. The molecule has 5 rings (SSSR count). The number of alkyl carbamates (subject to hydrolysis) is 1. The highest BCUT2D eigenvalue weighted by atomic mass is 16.6. The number of nitrogens with one attached hydrogen (secondary N) is 1. The van der Waals surface area contributed by atoms with Gasteiger partial charge in [-0.05, 0) is 49.1 Å². The van der Waals surface area contributed by atoms with Crippen LogP contribution >= 0.6 is 0 Å². The zero-order valence-corrected chi connectivity index (χ0v) is 23.1. The third-order valence-corrected chi connectivity index (χ3v) is 8.21. The van der Waals surface area contributed by atoms with Crippen LogP contribution in [0.2, 0.25) is 0 Å². The Morgan fingerprint density at radius 3 is 2.62 bits per heavy atom. The summed E-state index contributed by atoms with van der Waals surface area (Å²) in [5.41, 5.74) is 1.29. The first-order valence-electron chi connectivity index (χ1n) is 13.9. The van der Waals surface area contributed by atoms with Crippen molar-refractivity contribution in [3.63, 3.8) is 0 Å². The number of hydrogen-bond donors (Lipinski definition) is 2. The highest BCUT2D eigenvalue weighted by molar-refractivity contribution is 5.89. The van der Waals surface area contributed by atoms with Crippen molar-refractivity contribution in [3.8, 4) is 11.6 Å². The molecule has 1 aromatic heterocycles. The molecule has 0 unspecified atom stereocenters. The van der Waals surface area contributed by atoms with Crippen LogP contribution in [0.3, 0.4) is 0 Å². The van der Waals surface area contributed by atoms with E-state index in [1.807, 2.05) is 27.7 Å². The van der Waals surface area contributed by atoms with Crippen LogP contribution in [0.15, 0.2) is 18.2 Å². The summed E-state index contributed by atoms with van der Waals surface area (Å²) in [4.78, 5) is 49.8. The molecule has 1 saturated carbocycles. The standard InChI is InChI=1S/C29H38N4O6/c1-16-22(15-34)33-14-24(16)38-26-20(30-19-11-10-18(35)13-21(19)31-26)9-7-5-6-8-17-12-23(17)39-28(37)32-25(27(33)36)29(2,3)4/h10-11,13,15-17,22-25,35H,5-9,12,14H2,1-4H3,(H,32,37)/t16-,17+,22+,23+,24-,25+/m0/s1. The summed E-state index contributed by atoms with van der Waals surface area (Å²) >= 11 is 0. The van der Waals surface area contributed by atoms with Crippen LogP contribution in [0, 0.1) is 17.3 Å². The molecule has 0 spiro atoms. The van der Waals surface area contributed by atoms with Gasteiger partial charge in [0.15, 0.2) is 0 Å². The number of phenols is 1. The second-order valence-corrected chi connectivity index (χ2v) is 12.3. The van der Waals surface area contributed by atoms with Gasteiger partial charge in [0, 0.05) is 12.0 Å². The van der Waals surface area contributed by atoms with Gasteiger partial charge in [-0.15, -0.1) is 0 Å². The predicted octanol–water partition coefficient (Wildman–Crippen LogP) is 3.77. The van der Waals surface area contributed by atoms with E-state index < -0.39 is 29.7 Å². The molecule has 10 heteroatoms. The number of nitrogens with zero attached hydrogens (tertiary/aromatic N) is 3. The van der Waals surface area contributed by atoms with Crippen molar-refractivity contribution in [1.29, 1.82) is 0 Å². The molecule has 1 aliphatic carbocycles. The maximum absolute atomic E-state index is 13.8. The number of phenolic OH excluding ortho intramolecular Hbond substituents is 1. The Kier molecular flexibility index (Phi) is 7.39. The Balaban J connectivity index is 1.49. The van der Waals surface area contributed by atoms with E-state index in [4.69, 9.17) is 19.4 Å². The average Bonchev–Trinajstić information content (AvgIpc) is 3.53. The van der Waals surface area contributed by atoms with E-state index in [2.05, 4.69) is 5.32 Å². The maximum Gasteiger partial charge on any atom is 0.408 e. The molecule has 6 atom stereocenters. The second kappa shape index (κ2) is 10.6. The Hall–Kier alpha value is -3.43. The van der Waals surface area contributed by atoms with Crippen LogP contribution in [-0.2, 0) is 20.7 Å². The van der Waals surface area contributed by atoms with Gasteiger partial charge in [-0.3, -0.25) is 4.79 Å². The molecule has 2 aliphatic heterocycles.